The molecule has 1 aromatic heterocycles. The SMILES string of the molecule is O=C([C@H]1CCCN(c2cnccn2)C1)N1CCC[C@@H]1c1ccccc1. The van der Waals surface area contributed by atoms with E-state index in [0.29, 0.717) is 5.91 Å². The van der Waals surface area contributed by atoms with Gasteiger partial charge >= 0.3 is 0 Å². The summed E-state index contributed by atoms with van der Waals surface area (Å²) in [4.78, 5) is 26.1. The Morgan fingerprint density at radius 3 is 2.68 bits per heavy atom. The standard InChI is InChI=1S/C20H24N4O/c25-20(24-13-5-9-18(24)16-6-2-1-3-7-16)17-8-4-12-23(15-17)19-14-21-10-11-22-19/h1-3,6-7,10-11,14,17-18H,4-5,8-9,12-13,15H2/t17-,18+/m0/s1. The number of amides is 1. The lowest BCUT2D eigenvalue weighted by atomic mass is 9.95. The Bertz CT molecular complexity index is 706. The maximum Gasteiger partial charge on any atom is 0.227 e. The van der Waals surface area contributed by atoms with Crippen molar-refractivity contribution in [2.24, 2.45) is 5.92 Å². The van der Waals surface area contributed by atoms with E-state index < -0.39 is 0 Å². The number of hydrogen-bond acceptors (Lipinski definition) is 4. The molecule has 0 radical (unpaired) electrons. The van der Waals surface area contributed by atoms with Crippen molar-refractivity contribution in [1.82, 2.24) is 14.9 Å². The van der Waals surface area contributed by atoms with Crippen LogP contribution in [0.3, 0.4) is 0 Å². The highest BCUT2D eigenvalue weighted by molar-refractivity contribution is 5.80. The minimum absolute atomic E-state index is 0.0556. The summed E-state index contributed by atoms with van der Waals surface area (Å²) in [7, 11) is 0. The minimum Gasteiger partial charge on any atom is -0.355 e. The van der Waals surface area contributed by atoms with Crippen molar-refractivity contribution < 1.29 is 4.79 Å². The second kappa shape index (κ2) is 7.21. The van der Waals surface area contributed by atoms with Crippen LogP contribution in [0.4, 0.5) is 5.82 Å². The molecule has 2 saturated heterocycles. The first kappa shape index (κ1) is 16.1. The predicted molar refractivity (Wildman–Crippen MR) is 97.1 cm³/mol. The zero-order valence-electron chi connectivity index (χ0n) is 14.4. The maximum absolute atomic E-state index is 13.2. The van der Waals surface area contributed by atoms with Crippen LogP contribution in [-0.4, -0.2) is 40.4 Å². The third-order valence-corrected chi connectivity index (χ3v) is 5.36. The van der Waals surface area contributed by atoms with E-state index in [0.717, 1.165) is 51.1 Å². The number of carbonyl (C=O) groups excluding carboxylic acids is 1. The number of hydrogen-bond donors (Lipinski definition) is 0. The first-order valence-electron chi connectivity index (χ1n) is 9.19. The highest BCUT2D eigenvalue weighted by Gasteiger charge is 2.35. The van der Waals surface area contributed by atoms with Gasteiger partial charge in [-0.2, -0.15) is 0 Å². The second-order valence-corrected chi connectivity index (χ2v) is 6.95. The van der Waals surface area contributed by atoms with Gasteiger partial charge in [0.2, 0.25) is 5.91 Å². The summed E-state index contributed by atoms with van der Waals surface area (Å²) in [6, 6.07) is 10.7. The molecule has 0 spiro atoms. The van der Waals surface area contributed by atoms with Gasteiger partial charge in [0.25, 0.3) is 0 Å². The number of anilines is 1. The van der Waals surface area contributed by atoms with E-state index in [1.54, 1.807) is 18.6 Å². The van der Waals surface area contributed by atoms with Gasteiger partial charge in [-0.25, -0.2) is 4.98 Å². The van der Waals surface area contributed by atoms with Crippen LogP contribution in [0.1, 0.15) is 37.3 Å². The highest BCUT2D eigenvalue weighted by atomic mass is 16.2. The van der Waals surface area contributed by atoms with Gasteiger partial charge < -0.3 is 9.80 Å². The normalized spacial score (nSPS) is 23.7. The molecule has 0 unspecified atom stereocenters. The molecule has 5 heteroatoms. The minimum atomic E-state index is 0.0556. The Morgan fingerprint density at radius 2 is 1.88 bits per heavy atom. The lowest BCUT2D eigenvalue weighted by Gasteiger charge is -2.36. The van der Waals surface area contributed by atoms with Crippen LogP contribution in [-0.2, 0) is 4.79 Å². The molecule has 0 saturated carbocycles. The van der Waals surface area contributed by atoms with Crippen molar-refractivity contribution >= 4 is 11.7 Å². The molecule has 2 aliphatic rings. The number of likely N-dealkylation sites (tertiary alicyclic amines) is 1. The van der Waals surface area contributed by atoms with Crippen molar-refractivity contribution in [3.63, 3.8) is 0 Å². The summed E-state index contributed by atoms with van der Waals surface area (Å²) < 4.78 is 0. The molecule has 130 valence electrons. The number of benzene rings is 1. The first-order chi connectivity index (χ1) is 12.3. The third kappa shape index (κ3) is 3.36. The van der Waals surface area contributed by atoms with E-state index in [1.807, 2.05) is 6.07 Å². The number of piperidine rings is 1. The van der Waals surface area contributed by atoms with Gasteiger partial charge in [-0.3, -0.25) is 9.78 Å². The number of nitrogens with zero attached hydrogens (tertiary/aromatic N) is 4. The molecule has 25 heavy (non-hydrogen) atoms. The Hall–Kier alpha value is -2.43. The molecule has 0 N–H and O–H groups in total. The van der Waals surface area contributed by atoms with E-state index >= 15 is 0 Å². The lowest BCUT2D eigenvalue weighted by molar-refractivity contribution is -0.136. The molecule has 2 atom stereocenters. The Labute approximate surface area is 148 Å². The van der Waals surface area contributed by atoms with E-state index in [2.05, 4.69) is 44.0 Å². The van der Waals surface area contributed by atoms with Gasteiger partial charge in [0.05, 0.1) is 18.2 Å². The molecule has 5 nitrogen and oxygen atoms in total. The van der Waals surface area contributed by atoms with Crippen molar-refractivity contribution in [2.45, 2.75) is 31.7 Å². The van der Waals surface area contributed by atoms with Crippen LogP contribution < -0.4 is 4.90 Å². The van der Waals surface area contributed by atoms with E-state index in [9.17, 15) is 4.79 Å². The Balaban J connectivity index is 1.48. The topological polar surface area (TPSA) is 49.3 Å². The van der Waals surface area contributed by atoms with Crippen molar-refractivity contribution in [3.05, 3.63) is 54.5 Å². The van der Waals surface area contributed by atoms with Crippen molar-refractivity contribution in [3.8, 4) is 0 Å². The average molecular weight is 336 g/mol. The van der Waals surface area contributed by atoms with E-state index in [-0.39, 0.29) is 12.0 Å². The van der Waals surface area contributed by atoms with Gasteiger partial charge in [0, 0.05) is 32.0 Å². The van der Waals surface area contributed by atoms with Crippen LogP contribution in [0.5, 0.6) is 0 Å². The largest absolute Gasteiger partial charge is 0.355 e. The number of carbonyl (C=O) groups is 1. The summed E-state index contributed by atoms with van der Waals surface area (Å²) in [5, 5.41) is 0. The molecule has 2 aliphatic heterocycles. The second-order valence-electron chi connectivity index (χ2n) is 6.95. The van der Waals surface area contributed by atoms with Gasteiger partial charge in [-0.05, 0) is 31.2 Å². The predicted octanol–water partition coefficient (Wildman–Crippen LogP) is 3.06. The highest BCUT2D eigenvalue weighted by Crippen LogP contribution is 2.34. The van der Waals surface area contributed by atoms with Crippen molar-refractivity contribution in [2.75, 3.05) is 24.5 Å². The smallest absolute Gasteiger partial charge is 0.227 e. The van der Waals surface area contributed by atoms with Crippen LogP contribution in [0.25, 0.3) is 0 Å². The molecular weight excluding hydrogens is 312 g/mol. The quantitative estimate of drug-likeness (QED) is 0.864. The van der Waals surface area contributed by atoms with E-state index in [4.69, 9.17) is 0 Å². The summed E-state index contributed by atoms with van der Waals surface area (Å²) >= 11 is 0. The third-order valence-electron chi connectivity index (χ3n) is 5.36. The van der Waals surface area contributed by atoms with Gasteiger partial charge in [-0.1, -0.05) is 30.3 Å². The Kier molecular flexibility index (Phi) is 4.63. The molecule has 3 heterocycles. The fourth-order valence-corrected chi connectivity index (χ4v) is 4.13. The summed E-state index contributed by atoms with van der Waals surface area (Å²) in [6.07, 6.45) is 9.33. The molecule has 0 aliphatic carbocycles. The molecule has 0 bridgehead atoms. The fourth-order valence-electron chi connectivity index (χ4n) is 4.13. The van der Waals surface area contributed by atoms with Crippen molar-refractivity contribution in [1.29, 1.82) is 0 Å². The van der Waals surface area contributed by atoms with E-state index in [1.165, 1.54) is 5.56 Å². The maximum atomic E-state index is 13.2. The monoisotopic (exact) mass is 336 g/mol. The van der Waals surface area contributed by atoms with Crippen LogP contribution in [0.2, 0.25) is 0 Å². The summed E-state index contributed by atoms with van der Waals surface area (Å²) in [5.41, 5.74) is 1.26. The number of aromatic nitrogens is 2. The first-order valence-corrected chi connectivity index (χ1v) is 9.19. The zero-order valence-corrected chi connectivity index (χ0v) is 14.4. The van der Waals surface area contributed by atoms with Crippen LogP contribution >= 0.6 is 0 Å². The number of rotatable bonds is 3. The average Bonchev–Trinajstić information content (AvgIpc) is 3.19. The van der Waals surface area contributed by atoms with Gasteiger partial charge in [0.1, 0.15) is 5.82 Å². The fraction of sp³-hybridized carbons (Fsp3) is 0.450. The van der Waals surface area contributed by atoms with Gasteiger partial charge in [0.15, 0.2) is 0 Å². The summed E-state index contributed by atoms with van der Waals surface area (Å²) in [5.74, 6) is 1.24. The Morgan fingerprint density at radius 1 is 1.04 bits per heavy atom. The van der Waals surface area contributed by atoms with Gasteiger partial charge in [-0.15, -0.1) is 0 Å². The molecule has 2 fully saturated rings. The zero-order chi connectivity index (χ0) is 17.1. The molecule has 2 aromatic rings. The summed E-state index contributed by atoms with van der Waals surface area (Å²) in [6.45, 7) is 2.57. The molecule has 1 amide bonds. The lowest BCUT2D eigenvalue weighted by Crippen LogP contribution is -2.45. The van der Waals surface area contributed by atoms with Crippen LogP contribution in [0, 0.1) is 5.92 Å². The molecular formula is C20H24N4O. The van der Waals surface area contributed by atoms with Crippen LogP contribution in [0.15, 0.2) is 48.9 Å². The molecule has 4 rings (SSSR count). The molecule has 1 aromatic carbocycles.